The Morgan fingerprint density at radius 1 is 1.19 bits per heavy atom. The molecule has 0 bridgehead atoms. The van der Waals surface area contributed by atoms with Gasteiger partial charge in [0.25, 0.3) is 0 Å². The van der Waals surface area contributed by atoms with Crippen molar-refractivity contribution in [1.82, 2.24) is 15.1 Å². The maximum atomic E-state index is 12.7. The molecule has 31 heavy (non-hydrogen) atoms. The molecular weight excluding hydrogens is 416 g/mol. The molecule has 3 atom stereocenters. The fraction of sp³-hybridized carbons (Fsp3) is 0.636. The van der Waals surface area contributed by atoms with E-state index in [0.29, 0.717) is 43.3 Å². The molecule has 2 heterocycles. The molecule has 3 fully saturated rings. The highest BCUT2D eigenvalue weighted by Gasteiger charge is 2.46. The van der Waals surface area contributed by atoms with Gasteiger partial charge in [0.05, 0.1) is 10.9 Å². The zero-order chi connectivity index (χ0) is 22.2. The van der Waals surface area contributed by atoms with E-state index in [1.165, 1.54) is 12.1 Å². The van der Waals surface area contributed by atoms with Crippen molar-refractivity contribution in [3.63, 3.8) is 0 Å². The van der Waals surface area contributed by atoms with Crippen LogP contribution in [0.2, 0.25) is 0 Å². The second-order valence-electron chi connectivity index (χ2n) is 9.09. The molecule has 1 aromatic carbocycles. The van der Waals surface area contributed by atoms with E-state index >= 15 is 0 Å². The highest BCUT2D eigenvalue weighted by Crippen LogP contribution is 2.39. The molecule has 8 nitrogen and oxygen atoms in total. The minimum absolute atomic E-state index is 0.00513. The van der Waals surface area contributed by atoms with Crippen molar-refractivity contribution in [3.8, 4) is 0 Å². The minimum atomic E-state index is -3.69. The third-order valence-corrected chi connectivity index (χ3v) is 7.86. The van der Waals surface area contributed by atoms with Crippen LogP contribution >= 0.6 is 0 Å². The van der Waals surface area contributed by atoms with E-state index in [4.69, 9.17) is 5.14 Å². The van der Waals surface area contributed by atoms with Crippen LogP contribution in [0.3, 0.4) is 0 Å². The number of hydrogen-bond acceptors (Lipinski definition) is 5. The molecule has 1 aromatic rings. The van der Waals surface area contributed by atoms with Gasteiger partial charge in [-0.25, -0.2) is 13.6 Å². The summed E-state index contributed by atoms with van der Waals surface area (Å²) in [4.78, 5) is 29.6. The van der Waals surface area contributed by atoms with E-state index in [-0.39, 0.29) is 16.8 Å². The van der Waals surface area contributed by atoms with Crippen LogP contribution in [-0.2, 0) is 26.0 Å². The van der Waals surface area contributed by atoms with Gasteiger partial charge in [-0.2, -0.15) is 0 Å². The number of benzene rings is 1. The second kappa shape index (κ2) is 8.88. The first-order valence-electron chi connectivity index (χ1n) is 11.2. The molecule has 0 radical (unpaired) electrons. The predicted molar refractivity (Wildman–Crippen MR) is 117 cm³/mol. The van der Waals surface area contributed by atoms with Crippen LogP contribution in [0.4, 0.5) is 0 Å². The number of nitrogens with two attached hydrogens (primary N) is 1. The number of carbonyl (C=O) groups excluding carboxylic acids is 2. The molecule has 4 rings (SSSR count). The molecule has 0 aromatic heterocycles. The third kappa shape index (κ3) is 5.10. The summed E-state index contributed by atoms with van der Waals surface area (Å²) in [5.41, 5.74) is 0.938. The lowest BCUT2D eigenvalue weighted by atomic mass is 9.83. The van der Waals surface area contributed by atoms with E-state index in [9.17, 15) is 18.0 Å². The van der Waals surface area contributed by atoms with Crippen LogP contribution in [0.15, 0.2) is 29.2 Å². The smallest absolute Gasteiger partial charge is 0.238 e. The molecule has 2 aliphatic heterocycles. The number of amides is 2. The largest absolute Gasteiger partial charge is 0.354 e. The fourth-order valence-corrected chi connectivity index (χ4v) is 5.50. The van der Waals surface area contributed by atoms with Crippen molar-refractivity contribution >= 4 is 21.8 Å². The number of likely N-dealkylation sites (tertiary alicyclic amines) is 2. The van der Waals surface area contributed by atoms with Gasteiger partial charge in [-0.1, -0.05) is 12.1 Å². The lowest BCUT2D eigenvalue weighted by Gasteiger charge is -2.48. The fourth-order valence-electron chi connectivity index (χ4n) is 4.99. The molecule has 3 N–H and O–H groups in total. The van der Waals surface area contributed by atoms with Crippen LogP contribution in [-0.4, -0.2) is 67.8 Å². The topological polar surface area (TPSA) is 113 Å². The Morgan fingerprint density at radius 2 is 1.90 bits per heavy atom. The summed E-state index contributed by atoms with van der Waals surface area (Å²) in [6, 6.07) is 7.01. The van der Waals surface area contributed by atoms with Gasteiger partial charge in [-0.15, -0.1) is 0 Å². The summed E-state index contributed by atoms with van der Waals surface area (Å²) in [5.74, 6) is 0.783. The summed E-state index contributed by atoms with van der Waals surface area (Å²) in [7, 11) is -3.69. The van der Waals surface area contributed by atoms with Crippen molar-refractivity contribution in [2.75, 3.05) is 19.6 Å². The van der Waals surface area contributed by atoms with Crippen LogP contribution in [0.5, 0.6) is 0 Å². The van der Waals surface area contributed by atoms with Gasteiger partial charge in [0.1, 0.15) is 0 Å². The Bertz CT molecular complexity index is 929. The zero-order valence-corrected chi connectivity index (χ0v) is 18.8. The molecule has 1 saturated carbocycles. The number of nitrogens with zero attached hydrogens (tertiary/aromatic N) is 2. The van der Waals surface area contributed by atoms with Crippen molar-refractivity contribution in [2.45, 2.75) is 68.5 Å². The van der Waals surface area contributed by atoms with E-state index in [1.807, 2.05) is 6.92 Å². The first-order valence-corrected chi connectivity index (χ1v) is 12.7. The Labute approximate surface area is 184 Å². The van der Waals surface area contributed by atoms with Crippen molar-refractivity contribution in [2.24, 2.45) is 11.1 Å². The van der Waals surface area contributed by atoms with Gasteiger partial charge in [-0.05, 0) is 62.6 Å². The Balaban J connectivity index is 1.25. The van der Waals surface area contributed by atoms with Crippen LogP contribution < -0.4 is 10.5 Å². The normalized spacial score (nSPS) is 25.7. The van der Waals surface area contributed by atoms with E-state index in [0.717, 1.165) is 44.3 Å². The van der Waals surface area contributed by atoms with E-state index < -0.39 is 10.0 Å². The Hall–Kier alpha value is -1.97. The number of carbonyl (C=O) groups is 2. The van der Waals surface area contributed by atoms with Gasteiger partial charge < -0.3 is 10.2 Å². The third-order valence-electron chi connectivity index (χ3n) is 6.93. The molecule has 2 amide bonds. The highest BCUT2D eigenvalue weighted by atomic mass is 32.2. The highest BCUT2D eigenvalue weighted by molar-refractivity contribution is 7.89. The maximum Gasteiger partial charge on any atom is 0.238 e. The standard InChI is InChI=1S/C22H32N4O4S/c1-15(22(28)24-12-10-16-2-7-19(8-3-16)31(23,29)30)25-13-11-20-17(14-25)4-9-21(27)26(20)18-5-6-18/h2-3,7-8,15,17-18,20H,4-6,9-14H2,1H3,(H,24,28)(H2,23,29,30)/t15-,17+,20+/m1/s1. The first kappa shape index (κ1) is 22.2. The monoisotopic (exact) mass is 448 g/mol. The summed E-state index contributed by atoms with van der Waals surface area (Å²) in [6.07, 6.45) is 5.40. The average molecular weight is 449 g/mol. The second-order valence-corrected chi connectivity index (χ2v) is 10.6. The summed E-state index contributed by atoms with van der Waals surface area (Å²) < 4.78 is 22.7. The molecule has 1 aliphatic carbocycles. The van der Waals surface area contributed by atoms with Crippen molar-refractivity contribution in [3.05, 3.63) is 29.8 Å². The quantitative estimate of drug-likeness (QED) is 0.642. The van der Waals surface area contributed by atoms with Gasteiger partial charge in [-0.3, -0.25) is 14.5 Å². The molecular formula is C22H32N4O4S. The van der Waals surface area contributed by atoms with Crippen molar-refractivity contribution in [1.29, 1.82) is 0 Å². The SMILES string of the molecule is C[C@H](C(=O)NCCc1ccc(S(N)(=O)=O)cc1)N1CC[C@H]2[C@@H](CCC(=O)N2C2CC2)C1. The number of sulfonamides is 1. The zero-order valence-electron chi connectivity index (χ0n) is 18.0. The number of primary sulfonamides is 1. The summed E-state index contributed by atoms with van der Waals surface area (Å²) in [5, 5.41) is 8.12. The van der Waals surface area contributed by atoms with Gasteiger partial charge in [0.2, 0.25) is 21.8 Å². The van der Waals surface area contributed by atoms with Gasteiger partial charge >= 0.3 is 0 Å². The van der Waals surface area contributed by atoms with E-state index in [2.05, 4.69) is 15.1 Å². The maximum absolute atomic E-state index is 12.7. The molecule has 3 aliphatic rings. The van der Waals surface area contributed by atoms with Crippen LogP contribution in [0.25, 0.3) is 0 Å². The van der Waals surface area contributed by atoms with E-state index in [1.54, 1.807) is 12.1 Å². The lowest BCUT2D eigenvalue weighted by Crippen LogP contribution is -2.59. The van der Waals surface area contributed by atoms with Crippen LogP contribution in [0.1, 0.15) is 44.6 Å². The Kier molecular flexibility index (Phi) is 6.37. The molecule has 0 spiro atoms. The van der Waals surface area contributed by atoms with Crippen LogP contribution in [0, 0.1) is 5.92 Å². The molecule has 0 unspecified atom stereocenters. The average Bonchev–Trinajstić information content (AvgIpc) is 3.57. The van der Waals surface area contributed by atoms with Crippen molar-refractivity contribution < 1.29 is 18.0 Å². The minimum Gasteiger partial charge on any atom is -0.354 e. The number of piperidine rings is 2. The summed E-state index contributed by atoms with van der Waals surface area (Å²) >= 11 is 0. The Morgan fingerprint density at radius 3 is 2.55 bits per heavy atom. The number of nitrogens with one attached hydrogen (secondary N) is 1. The summed E-state index contributed by atoms with van der Waals surface area (Å²) in [6.45, 7) is 4.14. The number of fused-ring (bicyclic) bond motifs is 1. The lowest BCUT2D eigenvalue weighted by molar-refractivity contribution is -0.143. The van der Waals surface area contributed by atoms with Gasteiger partial charge in [0, 0.05) is 38.1 Å². The number of hydrogen-bond donors (Lipinski definition) is 2. The molecule has 2 saturated heterocycles. The first-order chi connectivity index (χ1) is 14.7. The molecule has 9 heteroatoms. The number of rotatable bonds is 7. The predicted octanol–water partition coefficient (Wildman–Crippen LogP) is 0.857. The molecule has 170 valence electrons. The van der Waals surface area contributed by atoms with Gasteiger partial charge in [0.15, 0.2) is 0 Å².